The molecule has 2 aromatic rings. The maximum Gasteiger partial charge on any atom is 0.239 e. The maximum absolute atomic E-state index is 12.4. The summed E-state index contributed by atoms with van der Waals surface area (Å²) < 4.78 is 15.5. The van der Waals surface area contributed by atoms with Gasteiger partial charge in [-0.1, -0.05) is 6.07 Å². The van der Waals surface area contributed by atoms with Crippen LogP contribution in [0.2, 0.25) is 0 Å². The number of benzene rings is 1. The minimum Gasteiger partial charge on any atom is -0.493 e. The molecule has 1 aliphatic heterocycles. The lowest BCUT2D eigenvalue weighted by molar-refractivity contribution is 0.0966. The van der Waals surface area contributed by atoms with Crippen molar-refractivity contribution in [3.05, 3.63) is 59.4 Å². The van der Waals surface area contributed by atoms with Crippen LogP contribution >= 0.6 is 0 Å². The normalized spacial score (nSPS) is 16.8. The molecule has 0 saturated carbocycles. The Morgan fingerprint density at radius 2 is 2.00 bits per heavy atom. The minimum atomic E-state index is -0.749. The fourth-order valence-corrected chi connectivity index (χ4v) is 2.91. The first-order valence-corrected chi connectivity index (χ1v) is 8.49. The van der Waals surface area contributed by atoms with Gasteiger partial charge in [0.15, 0.2) is 17.3 Å². The molecule has 2 heterocycles. The Bertz CT molecular complexity index is 920. The fourth-order valence-electron chi connectivity index (χ4n) is 2.91. The van der Waals surface area contributed by atoms with E-state index in [-0.39, 0.29) is 5.76 Å². The summed E-state index contributed by atoms with van der Waals surface area (Å²) >= 11 is 0. The number of Topliss-reactive ketones (excluding diaryl/α,β-unsaturated/α-hetero) is 1. The number of carbonyl (C=O) groups is 1. The zero-order valence-corrected chi connectivity index (χ0v) is 15.5. The first kappa shape index (κ1) is 19.3. The highest BCUT2D eigenvalue weighted by Gasteiger charge is 2.34. The van der Waals surface area contributed by atoms with E-state index in [1.54, 1.807) is 20.3 Å². The van der Waals surface area contributed by atoms with E-state index in [0.717, 1.165) is 10.6 Å². The monoisotopic (exact) mass is 387 g/mol. The summed E-state index contributed by atoms with van der Waals surface area (Å²) in [5.74, 6) is 5.22. The second-order valence-electron chi connectivity index (χ2n) is 6.07. The number of carbonyl (C=O) groups excluding carboxylic acids is 1. The third-order valence-corrected chi connectivity index (χ3v) is 4.40. The van der Waals surface area contributed by atoms with E-state index in [9.17, 15) is 15.0 Å². The van der Waals surface area contributed by atoms with Crippen LogP contribution in [0.15, 0.2) is 57.5 Å². The van der Waals surface area contributed by atoms with Gasteiger partial charge in [-0.05, 0) is 42.7 Å². The molecule has 4 N–H and O–H groups in total. The number of methoxy groups -OCH3 is 2. The zero-order valence-electron chi connectivity index (χ0n) is 15.5. The lowest BCUT2D eigenvalue weighted by Crippen LogP contribution is -2.45. The largest absolute Gasteiger partial charge is 0.493 e. The Kier molecular flexibility index (Phi) is 5.55. The average molecular weight is 387 g/mol. The van der Waals surface area contributed by atoms with E-state index in [1.165, 1.54) is 18.4 Å². The third-order valence-electron chi connectivity index (χ3n) is 4.40. The molecule has 0 aliphatic carbocycles. The van der Waals surface area contributed by atoms with Gasteiger partial charge in [0.05, 0.1) is 20.5 Å². The number of nitrogens with zero attached hydrogens (tertiary/aromatic N) is 2. The van der Waals surface area contributed by atoms with Gasteiger partial charge in [0.25, 0.3) is 0 Å². The topological polar surface area (TPSA) is 131 Å². The van der Waals surface area contributed by atoms with Crippen molar-refractivity contribution in [3.8, 4) is 11.5 Å². The van der Waals surface area contributed by atoms with Crippen molar-refractivity contribution in [1.82, 2.24) is 5.01 Å². The lowest BCUT2D eigenvalue weighted by Gasteiger charge is -2.29. The van der Waals surface area contributed by atoms with Crippen molar-refractivity contribution >= 4 is 11.7 Å². The molecule has 1 atom stereocenters. The van der Waals surface area contributed by atoms with Crippen molar-refractivity contribution in [2.24, 2.45) is 10.8 Å². The van der Waals surface area contributed by atoms with Gasteiger partial charge in [-0.3, -0.25) is 9.80 Å². The molecule has 0 radical (unpaired) electrons. The molecule has 1 aromatic carbocycles. The van der Waals surface area contributed by atoms with Gasteiger partial charge < -0.3 is 24.1 Å². The predicted octanol–water partition coefficient (Wildman–Crippen LogP) is 2.35. The zero-order chi connectivity index (χ0) is 20.3. The SMILES string of the molecule is COc1ccc(CCC2N=C(O)C(C(=O)c3ccco3)=C(O)N2N)cc1OC. The van der Waals surface area contributed by atoms with Crippen molar-refractivity contribution in [2.75, 3.05) is 14.2 Å². The highest BCUT2D eigenvalue weighted by molar-refractivity contribution is 6.24. The number of aliphatic imine (C=N–C) groups is 1. The van der Waals surface area contributed by atoms with Gasteiger partial charge in [-0.25, -0.2) is 10.8 Å². The highest BCUT2D eigenvalue weighted by atomic mass is 16.5. The molecule has 0 amide bonds. The Balaban J connectivity index is 1.75. The first-order valence-electron chi connectivity index (χ1n) is 8.49. The molecule has 9 heteroatoms. The Labute approximate surface area is 161 Å². The van der Waals surface area contributed by atoms with Crippen molar-refractivity contribution in [1.29, 1.82) is 0 Å². The summed E-state index contributed by atoms with van der Waals surface area (Å²) in [7, 11) is 3.10. The number of ketones is 1. The summed E-state index contributed by atoms with van der Waals surface area (Å²) in [6.07, 6.45) is 1.47. The number of aryl methyl sites for hydroxylation is 1. The van der Waals surface area contributed by atoms with E-state index >= 15 is 0 Å². The number of hydrazine groups is 1. The number of nitrogens with two attached hydrogens (primary N) is 1. The molecule has 148 valence electrons. The Hall–Kier alpha value is -3.46. The van der Waals surface area contributed by atoms with E-state index in [4.69, 9.17) is 19.7 Å². The summed E-state index contributed by atoms with van der Waals surface area (Å²) in [5.41, 5.74) is 0.529. The van der Waals surface area contributed by atoms with E-state index < -0.39 is 29.3 Å². The third kappa shape index (κ3) is 3.65. The van der Waals surface area contributed by atoms with Crippen molar-refractivity contribution < 1.29 is 28.9 Å². The molecule has 1 aromatic heterocycles. The van der Waals surface area contributed by atoms with Gasteiger partial charge in [-0.2, -0.15) is 0 Å². The van der Waals surface area contributed by atoms with Crippen molar-refractivity contribution in [2.45, 2.75) is 19.0 Å². The van der Waals surface area contributed by atoms with E-state index in [0.29, 0.717) is 24.3 Å². The van der Waals surface area contributed by atoms with Gasteiger partial charge in [0.2, 0.25) is 17.6 Å². The molecular formula is C19H21N3O6. The number of aliphatic hydroxyl groups is 2. The van der Waals surface area contributed by atoms with Crippen LogP contribution < -0.4 is 15.3 Å². The number of hydrogen-bond acceptors (Lipinski definition) is 8. The van der Waals surface area contributed by atoms with Crippen LogP contribution in [0.4, 0.5) is 0 Å². The second kappa shape index (κ2) is 8.05. The van der Waals surface area contributed by atoms with E-state index in [1.807, 2.05) is 12.1 Å². The second-order valence-corrected chi connectivity index (χ2v) is 6.07. The van der Waals surface area contributed by atoms with Gasteiger partial charge in [0.1, 0.15) is 11.7 Å². The van der Waals surface area contributed by atoms with Crippen molar-refractivity contribution in [3.63, 3.8) is 0 Å². The lowest BCUT2D eigenvalue weighted by atomic mass is 10.0. The average Bonchev–Trinajstić information content (AvgIpc) is 3.24. The smallest absolute Gasteiger partial charge is 0.239 e. The van der Waals surface area contributed by atoms with Gasteiger partial charge >= 0.3 is 0 Å². The molecular weight excluding hydrogens is 366 g/mol. The van der Waals surface area contributed by atoms with Gasteiger partial charge in [-0.15, -0.1) is 0 Å². The quantitative estimate of drug-likeness (QED) is 0.487. The van der Waals surface area contributed by atoms with Gasteiger partial charge in [0, 0.05) is 0 Å². The molecule has 3 rings (SSSR count). The highest BCUT2D eigenvalue weighted by Crippen LogP contribution is 2.29. The van der Waals surface area contributed by atoms with Crippen LogP contribution in [0.3, 0.4) is 0 Å². The van der Waals surface area contributed by atoms with Crippen LogP contribution in [0.1, 0.15) is 22.5 Å². The standard InChI is InChI=1S/C19H21N3O6/c1-26-12-7-5-11(10-14(12)27-2)6-8-15-21-18(24)16(19(25)22(15)20)17(23)13-4-3-9-28-13/h3-5,7,9-10,15,25H,6,8,20H2,1-2H3,(H,21,24). The molecule has 1 unspecified atom stereocenters. The number of ether oxygens (including phenoxy) is 2. The van der Waals surface area contributed by atoms with Crippen LogP contribution in [0, 0.1) is 0 Å². The Morgan fingerprint density at radius 1 is 1.25 bits per heavy atom. The molecule has 28 heavy (non-hydrogen) atoms. The first-order chi connectivity index (χ1) is 13.5. The number of hydrogen-bond donors (Lipinski definition) is 3. The molecule has 0 bridgehead atoms. The van der Waals surface area contributed by atoms with Crippen LogP contribution in [0.25, 0.3) is 0 Å². The Morgan fingerprint density at radius 3 is 2.64 bits per heavy atom. The summed E-state index contributed by atoms with van der Waals surface area (Å²) in [6.45, 7) is 0. The van der Waals surface area contributed by atoms with E-state index in [2.05, 4.69) is 4.99 Å². The van der Waals surface area contributed by atoms with Crippen LogP contribution in [-0.2, 0) is 6.42 Å². The minimum absolute atomic E-state index is 0.0412. The molecule has 0 fully saturated rings. The molecule has 9 nitrogen and oxygen atoms in total. The summed E-state index contributed by atoms with van der Waals surface area (Å²) in [5, 5.41) is 21.5. The fraction of sp³-hybridized carbons (Fsp3) is 0.263. The maximum atomic E-state index is 12.4. The number of furan rings is 1. The van der Waals surface area contributed by atoms with Crippen LogP contribution in [-0.4, -0.2) is 47.3 Å². The summed E-state index contributed by atoms with van der Waals surface area (Å²) in [6, 6.07) is 8.42. The molecule has 1 aliphatic rings. The predicted molar refractivity (Wildman–Crippen MR) is 100 cm³/mol. The van der Waals surface area contributed by atoms with Crippen LogP contribution in [0.5, 0.6) is 11.5 Å². The summed E-state index contributed by atoms with van der Waals surface area (Å²) in [4.78, 5) is 16.4. The number of aliphatic hydroxyl groups excluding tert-OH is 2. The molecule has 0 saturated heterocycles. The molecule has 0 spiro atoms. The number of rotatable bonds is 7.